The summed E-state index contributed by atoms with van der Waals surface area (Å²) in [6.07, 6.45) is -1.99. The largest absolute Gasteiger partial charge is 0.478 e. The van der Waals surface area contributed by atoms with Crippen LogP contribution in [-0.4, -0.2) is 16.1 Å². The molecule has 1 aromatic heterocycles. The summed E-state index contributed by atoms with van der Waals surface area (Å²) in [5.41, 5.74) is 4.80. The molecule has 1 heterocycles. The number of aryl methyl sites for hydroxylation is 1. The van der Waals surface area contributed by atoms with Gasteiger partial charge in [-0.2, -0.15) is 0 Å². The van der Waals surface area contributed by atoms with Crippen LogP contribution in [0, 0.1) is 6.92 Å². The SMILES string of the molecule is Cc1ncc(C(F)F)c(C(=O)O)c1CN. The number of aromatic carboxylic acids is 1. The molecule has 0 unspecified atom stereocenters. The summed E-state index contributed by atoms with van der Waals surface area (Å²) in [5, 5.41) is 8.83. The minimum atomic E-state index is -2.87. The smallest absolute Gasteiger partial charge is 0.336 e. The summed E-state index contributed by atoms with van der Waals surface area (Å²) in [7, 11) is 0. The van der Waals surface area contributed by atoms with Gasteiger partial charge in [-0.3, -0.25) is 4.98 Å². The molecule has 82 valence electrons. The van der Waals surface area contributed by atoms with Gasteiger partial charge < -0.3 is 10.8 Å². The minimum Gasteiger partial charge on any atom is -0.478 e. The first-order valence-corrected chi connectivity index (χ1v) is 4.19. The molecule has 0 bridgehead atoms. The van der Waals surface area contributed by atoms with E-state index in [4.69, 9.17) is 10.8 Å². The lowest BCUT2D eigenvalue weighted by Gasteiger charge is -2.11. The molecular weight excluding hydrogens is 206 g/mol. The van der Waals surface area contributed by atoms with Crippen molar-refractivity contribution < 1.29 is 18.7 Å². The second-order valence-corrected chi connectivity index (χ2v) is 2.96. The maximum Gasteiger partial charge on any atom is 0.336 e. The average Bonchev–Trinajstić information content (AvgIpc) is 2.16. The fourth-order valence-electron chi connectivity index (χ4n) is 1.33. The lowest BCUT2D eigenvalue weighted by atomic mass is 10.0. The molecule has 0 atom stereocenters. The van der Waals surface area contributed by atoms with Crippen molar-refractivity contribution in [3.63, 3.8) is 0 Å². The molecule has 4 nitrogen and oxygen atoms in total. The molecular formula is C9H10F2N2O2. The number of rotatable bonds is 3. The van der Waals surface area contributed by atoms with Crippen molar-refractivity contribution in [3.05, 3.63) is 28.6 Å². The number of halogens is 2. The number of nitrogens with two attached hydrogens (primary N) is 1. The Labute approximate surface area is 84.7 Å². The summed E-state index contributed by atoms with van der Waals surface area (Å²) < 4.78 is 25.0. The van der Waals surface area contributed by atoms with Crippen molar-refractivity contribution in [3.8, 4) is 0 Å². The Hall–Kier alpha value is -1.56. The van der Waals surface area contributed by atoms with Gasteiger partial charge in [-0.05, 0) is 6.92 Å². The van der Waals surface area contributed by atoms with Gasteiger partial charge in [-0.25, -0.2) is 13.6 Å². The van der Waals surface area contributed by atoms with Gasteiger partial charge in [0.25, 0.3) is 6.43 Å². The van der Waals surface area contributed by atoms with Gasteiger partial charge in [0.05, 0.1) is 11.1 Å². The van der Waals surface area contributed by atoms with Crippen molar-refractivity contribution in [1.29, 1.82) is 0 Å². The van der Waals surface area contributed by atoms with Gasteiger partial charge in [0, 0.05) is 24.0 Å². The van der Waals surface area contributed by atoms with Gasteiger partial charge in [0.2, 0.25) is 0 Å². The molecule has 15 heavy (non-hydrogen) atoms. The quantitative estimate of drug-likeness (QED) is 0.802. The third kappa shape index (κ3) is 2.10. The normalized spacial score (nSPS) is 10.7. The van der Waals surface area contributed by atoms with E-state index < -0.39 is 23.5 Å². The van der Waals surface area contributed by atoms with Crippen LogP contribution in [-0.2, 0) is 6.54 Å². The second-order valence-electron chi connectivity index (χ2n) is 2.96. The molecule has 0 aliphatic carbocycles. The highest BCUT2D eigenvalue weighted by atomic mass is 19.3. The van der Waals surface area contributed by atoms with Gasteiger partial charge in [0.1, 0.15) is 0 Å². The highest BCUT2D eigenvalue weighted by Gasteiger charge is 2.22. The van der Waals surface area contributed by atoms with Crippen LogP contribution >= 0.6 is 0 Å². The maximum atomic E-state index is 12.5. The predicted octanol–water partition coefficient (Wildman–Crippen LogP) is 1.48. The number of carbonyl (C=O) groups is 1. The highest BCUT2D eigenvalue weighted by molar-refractivity contribution is 5.91. The number of nitrogens with zero attached hydrogens (tertiary/aromatic N) is 1. The Bertz CT molecular complexity index is 394. The Kier molecular flexibility index (Phi) is 3.31. The molecule has 0 aliphatic rings. The van der Waals surface area contributed by atoms with Crippen LogP contribution in [0.15, 0.2) is 6.20 Å². The number of carboxylic acids is 1. The summed E-state index contributed by atoms with van der Waals surface area (Å²) in [6, 6.07) is 0. The molecule has 0 aliphatic heterocycles. The highest BCUT2D eigenvalue weighted by Crippen LogP contribution is 2.25. The van der Waals surface area contributed by atoms with Crippen LogP contribution in [0.2, 0.25) is 0 Å². The molecule has 0 amide bonds. The lowest BCUT2D eigenvalue weighted by molar-refractivity contribution is 0.0682. The van der Waals surface area contributed by atoms with Crippen LogP contribution in [0.4, 0.5) is 8.78 Å². The van der Waals surface area contributed by atoms with Crippen LogP contribution < -0.4 is 5.73 Å². The van der Waals surface area contributed by atoms with Crippen LogP contribution in [0.3, 0.4) is 0 Å². The first-order valence-electron chi connectivity index (χ1n) is 4.19. The van der Waals surface area contributed by atoms with Crippen LogP contribution in [0.1, 0.15) is 33.6 Å². The van der Waals surface area contributed by atoms with Crippen molar-refractivity contribution in [2.75, 3.05) is 0 Å². The monoisotopic (exact) mass is 216 g/mol. The lowest BCUT2D eigenvalue weighted by Crippen LogP contribution is -2.14. The van der Waals surface area contributed by atoms with E-state index in [0.29, 0.717) is 5.69 Å². The number of alkyl halides is 2. The van der Waals surface area contributed by atoms with E-state index in [9.17, 15) is 13.6 Å². The first-order chi connectivity index (χ1) is 6.99. The van der Waals surface area contributed by atoms with Gasteiger partial charge in [0.15, 0.2) is 0 Å². The Morgan fingerprint density at radius 2 is 2.27 bits per heavy atom. The number of aromatic nitrogens is 1. The Balaban J connectivity index is 3.49. The van der Waals surface area contributed by atoms with Crippen LogP contribution in [0.25, 0.3) is 0 Å². The van der Waals surface area contributed by atoms with Gasteiger partial charge in [-0.1, -0.05) is 0 Å². The molecule has 3 N–H and O–H groups in total. The topological polar surface area (TPSA) is 76.2 Å². The van der Waals surface area contributed by atoms with E-state index in [1.165, 1.54) is 6.92 Å². The number of hydrogen-bond donors (Lipinski definition) is 2. The molecule has 1 rings (SSSR count). The zero-order valence-corrected chi connectivity index (χ0v) is 8.00. The van der Waals surface area contributed by atoms with Crippen molar-refractivity contribution in [2.24, 2.45) is 5.73 Å². The fourth-order valence-corrected chi connectivity index (χ4v) is 1.33. The zero-order chi connectivity index (χ0) is 11.6. The first kappa shape index (κ1) is 11.5. The Morgan fingerprint density at radius 1 is 1.67 bits per heavy atom. The standard InChI is InChI=1S/C9H10F2N2O2/c1-4-5(2-12)7(9(14)15)6(3-13-4)8(10)11/h3,8H,2,12H2,1H3,(H,14,15). The molecule has 0 spiro atoms. The van der Waals surface area contributed by atoms with Crippen molar-refractivity contribution in [2.45, 2.75) is 19.9 Å². The second kappa shape index (κ2) is 4.31. The number of carboxylic acid groups (broad SMARTS) is 1. The summed E-state index contributed by atoms with van der Waals surface area (Å²) in [4.78, 5) is 14.5. The molecule has 1 aromatic rings. The molecule has 6 heteroatoms. The summed E-state index contributed by atoms with van der Waals surface area (Å²) >= 11 is 0. The third-order valence-corrected chi connectivity index (χ3v) is 2.08. The van der Waals surface area contributed by atoms with E-state index in [1.54, 1.807) is 0 Å². The van der Waals surface area contributed by atoms with Crippen molar-refractivity contribution in [1.82, 2.24) is 4.98 Å². The zero-order valence-electron chi connectivity index (χ0n) is 8.00. The predicted molar refractivity (Wildman–Crippen MR) is 48.8 cm³/mol. The third-order valence-electron chi connectivity index (χ3n) is 2.08. The summed E-state index contributed by atoms with van der Waals surface area (Å²) in [6.45, 7) is 1.41. The molecule has 0 fully saturated rings. The van der Waals surface area contributed by atoms with E-state index in [2.05, 4.69) is 4.98 Å². The fraction of sp³-hybridized carbons (Fsp3) is 0.333. The minimum absolute atomic E-state index is 0.124. The van der Waals surface area contributed by atoms with E-state index in [1.807, 2.05) is 0 Å². The molecule has 0 saturated heterocycles. The molecule has 0 saturated carbocycles. The van der Waals surface area contributed by atoms with Gasteiger partial charge in [-0.15, -0.1) is 0 Å². The average molecular weight is 216 g/mol. The van der Waals surface area contributed by atoms with Crippen molar-refractivity contribution >= 4 is 5.97 Å². The van der Waals surface area contributed by atoms with E-state index in [-0.39, 0.29) is 12.1 Å². The van der Waals surface area contributed by atoms with E-state index in [0.717, 1.165) is 6.20 Å². The van der Waals surface area contributed by atoms with Gasteiger partial charge >= 0.3 is 5.97 Å². The summed E-state index contributed by atoms with van der Waals surface area (Å²) in [5.74, 6) is -1.41. The molecule has 0 aromatic carbocycles. The molecule has 0 radical (unpaired) electrons. The number of pyridine rings is 1. The van der Waals surface area contributed by atoms with Crippen LogP contribution in [0.5, 0.6) is 0 Å². The van der Waals surface area contributed by atoms with E-state index >= 15 is 0 Å². The Morgan fingerprint density at radius 3 is 2.67 bits per heavy atom. The maximum absolute atomic E-state index is 12.5. The number of hydrogen-bond acceptors (Lipinski definition) is 3.